The number of methoxy groups -OCH3 is 1. The molecule has 1 saturated heterocycles. The summed E-state index contributed by atoms with van der Waals surface area (Å²) in [5.74, 6) is -0.257. The second kappa shape index (κ2) is 9.69. The molecule has 0 aromatic heterocycles. The number of para-hydroxylation sites is 1. The first kappa shape index (κ1) is 22.9. The van der Waals surface area contributed by atoms with Gasteiger partial charge in [-0.3, -0.25) is 9.59 Å². The predicted octanol–water partition coefficient (Wildman–Crippen LogP) is 5.24. The summed E-state index contributed by atoms with van der Waals surface area (Å²) in [5, 5.41) is 11.4. The van der Waals surface area contributed by atoms with Crippen LogP contribution in [-0.4, -0.2) is 41.0 Å². The lowest BCUT2D eigenvalue weighted by atomic mass is 9.90. The fourth-order valence-corrected chi connectivity index (χ4v) is 4.93. The smallest absolute Gasteiger partial charge is 0.295 e. The standard InChI is InChI=1S/C27H31NO5/c1-17(2)33-20-13-9-10-18(16-20)25(29)23-24(21-14-7-8-15-22(21)32-3)28(27(31)26(23)30)19-11-5-4-6-12-19/h7-10,13-17,19,24,29H,4-6,11-12H2,1-3H3/b25-23+. The number of rotatable bonds is 6. The van der Waals surface area contributed by atoms with Crippen LogP contribution in [0.4, 0.5) is 0 Å². The van der Waals surface area contributed by atoms with E-state index in [1.165, 1.54) is 0 Å². The van der Waals surface area contributed by atoms with Crippen LogP contribution < -0.4 is 9.47 Å². The third-order valence-corrected chi connectivity index (χ3v) is 6.36. The molecule has 4 rings (SSSR count). The number of Topliss-reactive ketones (excluding diaryl/α,β-unsaturated/α-hetero) is 1. The number of aliphatic hydroxyl groups excluding tert-OH is 1. The van der Waals surface area contributed by atoms with Gasteiger partial charge in [-0.05, 0) is 44.9 Å². The third kappa shape index (κ3) is 4.47. The van der Waals surface area contributed by atoms with E-state index >= 15 is 0 Å². The summed E-state index contributed by atoms with van der Waals surface area (Å²) in [5.41, 5.74) is 1.23. The highest BCUT2D eigenvalue weighted by atomic mass is 16.5. The quantitative estimate of drug-likeness (QED) is 0.371. The molecule has 2 aromatic carbocycles. The summed E-state index contributed by atoms with van der Waals surface area (Å²) < 4.78 is 11.4. The summed E-state index contributed by atoms with van der Waals surface area (Å²) in [6.07, 6.45) is 4.81. The van der Waals surface area contributed by atoms with Crippen LogP contribution >= 0.6 is 0 Å². The van der Waals surface area contributed by atoms with Gasteiger partial charge in [-0.2, -0.15) is 0 Å². The molecule has 2 aromatic rings. The molecule has 1 heterocycles. The molecular formula is C27H31NO5. The molecule has 2 fully saturated rings. The molecule has 1 atom stereocenters. The highest BCUT2D eigenvalue weighted by molar-refractivity contribution is 6.46. The van der Waals surface area contributed by atoms with Crippen molar-refractivity contribution < 1.29 is 24.2 Å². The average molecular weight is 450 g/mol. The summed E-state index contributed by atoms with van der Waals surface area (Å²) in [6.45, 7) is 3.84. The van der Waals surface area contributed by atoms with Crippen molar-refractivity contribution in [3.63, 3.8) is 0 Å². The zero-order valence-electron chi connectivity index (χ0n) is 19.4. The van der Waals surface area contributed by atoms with Crippen molar-refractivity contribution in [1.82, 2.24) is 4.90 Å². The van der Waals surface area contributed by atoms with Gasteiger partial charge in [-0.25, -0.2) is 0 Å². The highest BCUT2D eigenvalue weighted by Gasteiger charge is 2.49. The van der Waals surface area contributed by atoms with E-state index in [2.05, 4.69) is 0 Å². The summed E-state index contributed by atoms with van der Waals surface area (Å²) >= 11 is 0. The number of nitrogens with zero attached hydrogens (tertiary/aromatic N) is 1. The van der Waals surface area contributed by atoms with Crippen LogP contribution in [0.25, 0.3) is 5.76 Å². The Morgan fingerprint density at radius 1 is 1.03 bits per heavy atom. The molecule has 33 heavy (non-hydrogen) atoms. The number of benzene rings is 2. The van der Waals surface area contributed by atoms with E-state index in [1.807, 2.05) is 38.1 Å². The lowest BCUT2D eigenvalue weighted by Gasteiger charge is -2.35. The minimum atomic E-state index is -0.709. The van der Waals surface area contributed by atoms with Crippen molar-refractivity contribution >= 4 is 17.4 Å². The predicted molar refractivity (Wildman–Crippen MR) is 126 cm³/mol. The van der Waals surface area contributed by atoms with Gasteiger partial charge in [0.2, 0.25) is 0 Å². The molecule has 1 saturated carbocycles. The molecule has 0 radical (unpaired) electrons. The Morgan fingerprint density at radius 3 is 2.45 bits per heavy atom. The number of aliphatic hydroxyl groups is 1. The minimum Gasteiger partial charge on any atom is -0.507 e. The Bertz CT molecular complexity index is 1070. The van der Waals surface area contributed by atoms with Crippen LogP contribution in [-0.2, 0) is 9.59 Å². The maximum atomic E-state index is 13.3. The molecule has 1 N–H and O–H groups in total. The molecule has 2 aliphatic rings. The normalized spacial score (nSPS) is 21.0. The van der Waals surface area contributed by atoms with E-state index in [1.54, 1.807) is 36.3 Å². The number of hydrogen-bond acceptors (Lipinski definition) is 5. The molecule has 6 heteroatoms. The number of carbonyl (C=O) groups excluding carboxylic acids is 2. The van der Waals surface area contributed by atoms with Crippen molar-refractivity contribution in [1.29, 1.82) is 0 Å². The van der Waals surface area contributed by atoms with E-state index in [-0.39, 0.29) is 23.5 Å². The number of likely N-dealkylation sites (tertiary alicyclic amines) is 1. The first-order valence-electron chi connectivity index (χ1n) is 11.6. The minimum absolute atomic E-state index is 0.0344. The second-order valence-electron chi connectivity index (χ2n) is 8.93. The van der Waals surface area contributed by atoms with Crippen LogP contribution in [0.15, 0.2) is 54.1 Å². The Morgan fingerprint density at radius 2 is 1.76 bits per heavy atom. The van der Waals surface area contributed by atoms with Crippen LogP contribution in [0.1, 0.15) is 63.1 Å². The van der Waals surface area contributed by atoms with Gasteiger partial charge < -0.3 is 19.5 Å². The monoisotopic (exact) mass is 449 g/mol. The Hall–Kier alpha value is -3.28. The van der Waals surface area contributed by atoms with Crippen LogP contribution in [0, 0.1) is 0 Å². The van der Waals surface area contributed by atoms with E-state index in [4.69, 9.17) is 9.47 Å². The van der Waals surface area contributed by atoms with Crippen LogP contribution in [0.5, 0.6) is 11.5 Å². The first-order valence-corrected chi connectivity index (χ1v) is 11.6. The van der Waals surface area contributed by atoms with Crippen LogP contribution in [0.2, 0.25) is 0 Å². The third-order valence-electron chi connectivity index (χ3n) is 6.36. The molecular weight excluding hydrogens is 418 g/mol. The Balaban J connectivity index is 1.87. The van der Waals surface area contributed by atoms with Crippen molar-refractivity contribution in [2.24, 2.45) is 0 Å². The fraction of sp³-hybridized carbons (Fsp3) is 0.407. The van der Waals surface area contributed by atoms with Crippen molar-refractivity contribution in [2.75, 3.05) is 7.11 Å². The molecule has 174 valence electrons. The molecule has 0 spiro atoms. The SMILES string of the molecule is COc1ccccc1C1/C(=C(\O)c2cccc(OC(C)C)c2)C(=O)C(=O)N1C1CCCCC1. The lowest BCUT2D eigenvalue weighted by molar-refractivity contribution is -0.141. The zero-order valence-corrected chi connectivity index (χ0v) is 19.4. The Kier molecular flexibility index (Phi) is 6.72. The van der Waals surface area contributed by atoms with Crippen molar-refractivity contribution in [3.8, 4) is 11.5 Å². The van der Waals surface area contributed by atoms with Gasteiger partial charge in [0.1, 0.15) is 17.3 Å². The molecule has 1 unspecified atom stereocenters. The summed E-state index contributed by atoms with van der Waals surface area (Å²) in [4.78, 5) is 28.3. The van der Waals surface area contributed by atoms with Gasteiger partial charge in [-0.15, -0.1) is 0 Å². The van der Waals surface area contributed by atoms with Gasteiger partial charge in [0, 0.05) is 17.2 Å². The summed E-state index contributed by atoms with van der Waals surface area (Å²) in [7, 11) is 1.57. The van der Waals surface area contributed by atoms with E-state index < -0.39 is 17.7 Å². The van der Waals surface area contributed by atoms with E-state index in [9.17, 15) is 14.7 Å². The number of ketones is 1. The lowest BCUT2D eigenvalue weighted by Crippen LogP contribution is -2.40. The topological polar surface area (TPSA) is 76.1 Å². The fourth-order valence-electron chi connectivity index (χ4n) is 4.93. The van der Waals surface area contributed by atoms with Gasteiger partial charge in [0.05, 0.1) is 24.8 Å². The maximum Gasteiger partial charge on any atom is 0.295 e. The van der Waals surface area contributed by atoms with Crippen molar-refractivity contribution in [3.05, 3.63) is 65.2 Å². The first-order chi connectivity index (χ1) is 15.9. The maximum absolute atomic E-state index is 13.3. The largest absolute Gasteiger partial charge is 0.507 e. The Labute approximate surface area is 194 Å². The van der Waals surface area contributed by atoms with Gasteiger partial charge in [-0.1, -0.05) is 49.6 Å². The van der Waals surface area contributed by atoms with Gasteiger partial charge >= 0.3 is 0 Å². The van der Waals surface area contributed by atoms with E-state index in [0.717, 1.165) is 32.1 Å². The van der Waals surface area contributed by atoms with Gasteiger partial charge in [0.25, 0.3) is 11.7 Å². The second-order valence-corrected chi connectivity index (χ2v) is 8.93. The number of carbonyl (C=O) groups is 2. The molecule has 1 aliphatic carbocycles. The number of ether oxygens (including phenoxy) is 2. The molecule has 0 bridgehead atoms. The summed E-state index contributed by atoms with van der Waals surface area (Å²) in [6, 6.07) is 13.6. The molecule has 1 aliphatic heterocycles. The average Bonchev–Trinajstić information content (AvgIpc) is 3.09. The van der Waals surface area contributed by atoms with Crippen molar-refractivity contribution in [2.45, 2.75) is 64.1 Å². The molecule has 6 nitrogen and oxygen atoms in total. The number of hydrogen-bond donors (Lipinski definition) is 1. The highest BCUT2D eigenvalue weighted by Crippen LogP contribution is 2.45. The number of amides is 1. The van der Waals surface area contributed by atoms with Gasteiger partial charge in [0.15, 0.2) is 0 Å². The molecule has 1 amide bonds. The van der Waals surface area contributed by atoms with E-state index in [0.29, 0.717) is 22.6 Å². The van der Waals surface area contributed by atoms with Crippen LogP contribution in [0.3, 0.4) is 0 Å². The zero-order chi connectivity index (χ0) is 23.5.